The molecule has 1 aromatic heterocycles. The van der Waals surface area contributed by atoms with Crippen molar-refractivity contribution in [2.75, 3.05) is 19.6 Å². The smallest absolute Gasteiger partial charge is 0.214 e. The standard InChI is InChI=1S/C23H35N5O/c1-4-24-23(26-16-22-27-18(2)19(3)29-22)25-15-20-9-11-21(12-10-20)17-28-13-7-5-6-8-14-28/h9-12H,4-8,13-17H2,1-3H3,(H2,24,25,26). The minimum atomic E-state index is 0.523. The van der Waals surface area contributed by atoms with Crippen molar-refractivity contribution in [2.45, 2.75) is 66.1 Å². The van der Waals surface area contributed by atoms with Crippen LogP contribution in [0.1, 0.15) is 61.1 Å². The monoisotopic (exact) mass is 397 g/mol. The number of nitrogens with one attached hydrogen (secondary N) is 2. The SMILES string of the molecule is CCNC(=NCc1ccc(CN2CCCCCC2)cc1)NCc1nc(C)c(C)o1. The average molecular weight is 398 g/mol. The summed E-state index contributed by atoms with van der Waals surface area (Å²) in [5.74, 6) is 2.32. The normalized spacial score (nSPS) is 15.9. The van der Waals surface area contributed by atoms with Gasteiger partial charge in [-0.1, -0.05) is 37.1 Å². The fourth-order valence-electron chi connectivity index (χ4n) is 3.59. The highest BCUT2D eigenvalue weighted by molar-refractivity contribution is 5.79. The predicted octanol–water partition coefficient (Wildman–Crippen LogP) is 3.92. The number of oxazole rings is 1. The zero-order valence-corrected chi connectivity index (χ0v) is 18.1. The molecule has 2 N–H and O–H groups in total. The van der Waals surface area contributed by atoms with E-state index in [4.69, 9.17) is 9.41 Å². The van der Waals surface area contributed by atoms with Gasteiger partial charge in [-0.3, -0.25) is 4.90 Å². The van der Waals surface area contributed by atoms with E-state index in [0.717, 1.165) is 30.5 Å². The van der Waals surface area contributed by atoms with E-state index in [1.807, 2.05) is 13.8 Å². The first-order chi connectivity index (χ1) is 14.1. The second kappa shape index (κ2) is 11.0. The van der Waals surface area contributed by atoms with Gasteiger partial charge in [0.15, 0.2) is 5.96 Å². The molecule has 1 saturated heterocycles. The van der Waals surface area contributed by atoms with E-state index in [-0.39, 0.29) is 0 Å². The van der Waals surface area contributed by atoms with Crippen molar-refractivity contribution >= 4 is 5.96 Å². The molecular formula is C23H35N5O. The van der Waals surface area contributed by atoms with E-state index < -0.39 is 0 Å². The van der Waals surface area contributed by atoms with Crippen LogP contribution in [0.5, 0.6) is 0 Å². The molecule has 1 aromatic carbocycles. The van der Waals surface area contributed by atoms with Gasteiger partial charge in [-0.05, 0) is 57.8 Å². The van der Waals surface area contributed by atoms with Gasteiger partial charge in [0.25, 0.3) is 0 Å². The van der Waals surface area contributed by atoms with E-state index in [9.17, 15) is 0 Å². The molecule has 0 bridgehead atoms. The van der Waals surface area contributed by atoms with Crippen LogP contribution in [0, 0.1) is 13.8 Å². The number of nitrogens with zero attached hydrogens (tertiary/aromatic N) is 3. The van der Waals surface area contributed by atoms with Crippen molar-refractivity contribution in [2.24, 2.45) is 4.99 Å². The lowest BCUT2D eigenvalue weighted by Crippen LogP contribution is -2.36. The van der Waals surface area contributed by atoms with Gasteiger partial charge in [-0.25, -0.2) is 9.98 Å². The minimum Gasteiger partial charge on any atom is -0.444 e. The number of benzene rings is 1. The van der Waals surface area contributed by atoms with Crippen LogP contribution in [-0.4, -0.2) is 35.5 Å². The first-order valence-electron chi connectivity index (χ1n) is 10.9. The van der Waals surface area contributed by atoms with Crippen LogP contribution in [0.15, 0.2) is 33.7 Å². The molecule has 1 aliphatic rings. The number of hydrogen-bond acceptors (Lipinski definition) is 4. The molecule has 158 valence electrons. The number of guanidine groups is 1. The van der Waals surface area contributed by atoms with Crippen molar-refractivity contribution in [3.63, 3.8) is 0 Å². The lowest BCUT2D eigenvalue weighted by Gasteiger charge is -2.19. The summed E-state index contributed by atoms with van der Waals surface area (Å²) in [6.07, 6.45) is 5.43. The number of rotatable bonds is 7. The highest BCUT2D eigenvalue weighted by atomic mass is 16.4. The summed E-state index contributed by atoms with van der Waals surface area (Å²) in [4.78, 5) is 11.7. The lowest BCUT2D eigenvalue weighted by atomic mass is 10.1. The van der Waals surface area contributed by atoms with Crippen molar-refractivity contribution in [1.82, 2.24) is 20.5 Å². The summed E-state index contributed by atoms with van der Waals surface area (Å²) < 4.78 is 5.63. The molecule has 2 aromatic rings. The Balaban J connectivity index is 1.52. The third-order valence-corrected chi connectivity index (χ3v) is 5.37. The van der Waals surface area contributed by atoms with Crippen molar-refractivity contribution in [1.29, 1.82) is 0 Å². The fraction of sp³-hybridized carbons (Fsp3) is 0.565. The average Bonchev–Trinajstić information content (AvgIpc) is 2.89. The molecule has 6 heteroatoms. The third-order valence-electron chi connectivity index (χ3n) is 5.37. The molecule has 3 rings (SSSR count). The molecular weight excluding hydrogens is 362 g/mol. The van der Waals surface area contributed by atoms with Gasteiger partial charge in [0.1, 0.15) is 5.76 Å². The summed E-state index contributed by atoms with van der Waals surface area (Å²) in [6, 6.07) is 8.88. The van der Waals surface area contributed by atoms with Crippen LogP contribution in [0.3, 0.4) is 0 Å². The molecule has 0 amide bonds. The van der Waals surface area contributed by atoms with E-state index in [0.29, 0.717) is 19.0 Å². The first-order valence-corrected chi connectivity index (χ1v) is 10.9. The fourth-order valence-corrected chi connectivity index (χ4v) is 3.59. The molecule has 2 heterocycles. The Labute approximate surface area is 174 Å². The van der Waals surface area contributed by atoms with Gasteiger partial charge >= 0.3 is 0 Å². The van der Waals surface area contributed by atoms with Gasteiger partial charge in [-0.2, -0.15) is 0 Å². The van der Waals surface area contributed by atoms with Crippen LogP contribution in [-0.2, 0) is 19.6 Å². The summed E-state index contributed by atoms with van der Waals surface area (Å²) in [6.45, 7) is 11.4. The second-order valence-electron chi connectivity index (χ2n) is 7.80. The highest BCUT2D eigenvalue weighted by Gasteiger charge is 2.09. The predicted molar refractivity (Wildman–Crippen MR) is 118 cm³/mol. The quantitative estimate of drug-likeness (QED) is 0.547. The van der Waals surface area contributed by atoms with Crippen LogP contribution >= 0.6 is 0 Å². The Kier molecular flexibility index (Phi) is 8.11. The molecule has 0 spiro atoms. The number of hydrogen-bond donors (Lipinski definition) is 2. The van der Waals surface area contributed by atoms with Crippen LogP contribution in [0.25, 0.3) is 0 Å². The van der Waals surface area contributed by atoms with Gasteiger partial charge in [0, 0.05) is 13.1 Å². The minimum absolute atomic E-state index is 0.523. The molecule has 1 fully saturated rings. The molecule has 29 heavy (non-hydrogen) atoms. The maximum absolute atomic E-state index is 5.63. The Hall–Kier alpha value is -2.34. The van der Waals surface area contributed by atoms with E-state index in [2.05, 4.69) is 51.7 Å². The van der Waals surface area contributed by atoms with Crippen molar-refractivity contribution < 1.29 is 4.42 Å². The zero-order valence-electron chi connectivity index (χ0n) is 18.1. The first kappa shape index (κ1) is 21.4. The highest BCUT2D eigenvalue weighted by Crippen LogP contribution is 2.14. The van der Waals surface area contributed by atoms with Gasteiger partial charge in [-0.15, -0.1) is 0 Å². The topological polar surface area (TPSA) is 65.7 Å². The second-order valence-corrected chi connectivity index (χ2v) is 7.80. The van der Waals surface area contributed by atoms with Crippen LogP contribution < -0.4 is 10.6 Å². The summed E-state index contributed by atoms with van der Waals surface area (Å²) in [7, 11) is 0. The Morgan fingerprint density at radius 2 is 1.72 bits per heavy atom. The third kappa shape index (κ3) is 6.89. The summed E-state index contributed by atoms with van der Waals surface area (Å²) >= 11 is 0. The Bertz CT molecular complexity index is 754. The molecule has 1 aliphatic heterocycles. The molecule has 0 aliphatic carbocycles. The number of aryl methyl sites for hydroxylation is 2. The van der Waals surface area contributed by atoms with Crippen molar-refractivity contribution in [3.8, 4) is 0 Å². The largest absolute Gasteiger partial charge is 0.444 e. The Morgan fingerprint density at radius 3 is 2.34 bits per heavy atom. The zero-order chi connectivity index (χ0) is 20.5. The molecule has 0 saturated carbocycles. The van der Waals surface area contributed by atoms with Gasteiger partial charge in [0.05, 0.1) is 18.8 Å². The lowest BCUT2D eigenvalue weighted by molar-refractivity contribution is 0.277. The van der Waals surface area contributed by atoms with Crippen molar-refractivity contribution in [3.05, 3.63) is 52.7 Å². The molecule has 6 nitrogen and oxygen atoms in total. The van der Waals surface area contributed by atoms with Crippen LogP contribution in [0.4, 0.5) is 0 Å². The number of aliphatic imine (C=N–C) groups is 1. The van der Waals surface area contributed by atoms with E-state index in [1.54, 1.807) is 0 Å². The number of aromatic nitrogens is 1. The van der Waals surface area contributed by atoms with Crippen LogP contribution in [0.2, 0.25) is 0 Å². The molecule has 0 radical (unpaired) electrons. The number of likely N-dealkylation sites (tertiary alicyclic amines) is 1. The summed E-state index contributed by atoms with van der Waals surface area (Å²) in [5, 5.41) is 6.57. The molecule has 0 atom stereocenters. The maximum Gasteiger partial charge on any atom is 0.214 e. The summed E-state index contributed by atoms with van der Waals surface area (Å²) in [5.41, 5.74) is 3.54. The molecule has 0 unspecified atom stereocenters. The van der Waals surface area contributed by atoms with E-state index in [1.165, 1.54) is 49.9 Å². The van der Waals surface area contributed by atoms with E-state index >= 15 is 0 Å². The maximum atomic E-state index is 5.63. The Morgan fingerprint density at radius 1 is 1.03 bits per heavy atom. The van der Waals surface area contributed by atoms with Gasteiger partial charge < -0.3 is 15.1 Å². The van der Waals surface area contributed by atoms with Gasteiger partial charge in [0.2, 0.25) is 5.89 Å².